The molecule has 0 spiro atoms. The maximum atomic E-state index is 12.4. The molecule has 3 unspecified atom stereocenters. The lowest BCUT2D eigenvalue weighted by atomic mass is 9.84. The van der Waals surface area contributed by atoms with Crippen molar-refractivity contribution >= 4 is 12.0 Å². The molecule has 3 aliphatic rings. The van der Waals surface area contributed by atoms with E-state index < -0.39 is 11.4 Å². The molecule has 3 atom stereocenters. The summed E-state index contributed by atoms with van der Waals surface area (Å²) >= 11 is 0. The molecule has 0 aromatic heterocycles. The quantitative estimate of drug-likeness (QED) is 0.818. The number of urea groups is 1. The Kier molecular flexibility index (Phi) is 3.82. The van der Waals surface area contributed by atoms with E-state index in [9.17, 15) is 14.7 Å². The standard InChI is InChI=1S/C15H25N3O3/c1-2-15(13(19)20)6-9-18(10-15)14(21)16-11-5-8-17-7-3-4-12(11)17/h11-12H,2-10H2,1H3,(H,16,21)(H,19,20). The van der Waals surface area contributed by atoms with Gasteiger partial charge in [-0.1, -0.05) is 6.92 Å². The molecule has 0 aromatic carbocycles. The van der Waals surface area contributed by atoms with Crippen molar-refractivity contribution in [2.45, 2.75) is 51.1 Å². The smallest absolute Gasteiger partial charge is 0.317 e. The second kappa shape index (κ2) is 5.48. The Balaban J connectivity index is 1.58. The molecule has 2 N–H and O–H groups in total. The maximum Gasteiger partial charge on any atom is 0.317 e. The number of aliphatic carboxylic acids is 1. The van der Waals surface area contributed by atoms with E-state index in [1.54, 1.807) is 4.90 Å². The van der Waals surface area contributed by atoms with Crippen LogP contribution in [0.1, 0.15) is 39.0 Å². The van der Waals surface area contributed by atoms with Crippen LogP contribution in [0.2, 0.25) is 0 Å². The number of nitrogens with zero attached hydrogens (tertiary/aromatic N) is 2. The number of likely N-dealkylation sites (tertiary alicyclic amines) is 1. The lowest BCUT2D eigenvalue weighted by Crippen LogP contribution is -2.48. The van der Waals surface area contributed by atoms with Crippen molar-refractivity contribution in [3.8, 4) is 0 Å². The molecule has 0 saturated carbocycles. The fourth-order valence-corrected chi connectivity index (χ4v) is 4.16. The Morgan fingerprint density at radius 3 is 2.76 bits per heavy atom. The Morgan fingerprint density at radius 2 is 2.10 bits per heavy atom. The van der Waals surface area contributed by atoms with Gasteiger partial charge in [-0.25, -0.2) is 4.79 Å². The lowest BCUT2D eigenvalue weighted by Gasteiger charge is -2.26. The summed E-state index contributed by atoms with van der Waals surface area (Å²) in [6.45, 7) is 5.00. The normalized spacial score (nSPS) is 36.0. The minimum atomic E-state index is -0.775. The van der Waals surface area contributed by atoms with Gasteiger partial charge in [-0.2, -0.15) is 0 Å². The van der Waals surface area contributed by atoms with Crippen molar-refractivity contribution in [3.05, 3.63) is 0 Å². The summed E-state index contributed by atoms with van der Waals surface area (Å²) in [5.74, 6) is -0.775. The fourth-order valence-electron chi connectivity index (χ4n) is 4.16. The van der Waals surface area contributed by atoms with E-state index in [0.29, 0.717) is 32.0 Å². The molecule has 118 valence electrons. The minimum absolute atomic E-state index is 0.0784. The third-order valence-electron chi connectivity index (χ3n) is 5.69. The van der Waals surface area contributed by atoms with Crippen LogP contribution < -0.4 is 5.32 Å². The summed E-state index contributed by atoms with van der Waals surface area (Å²) in [6, 6.07) is 0.652. The number of fused-ring (bicyclic) bond motifs is 1. The summed E-state index contributed by atoms with van der Waals surface area (Å²) in [5, 5.41) is 12.6. The Bertz CT molecular complexity index is 442. The van der Waals surface area contributed by atoms with Crippen LogP contribution in [0.15, 0.2) is 0 Å². The van der Waals surface area contributed by atoms with Gasteiger partial charge in [-0.3, -0.25) is 9.69 Å². The van der Waals surface area contributed by atoms with Gasteiger partial charge in [-0.15, -0.1) is 0 Å². The zero-order chi connectivity index (χ0) is 15.0. The maximum absolute atomic E-state index is 12.4. The van der Waals surface area contributed by atoms with Gasteiger partial charge < -0.3 is 15.3 Å². The summed E-state index contributed by atoms with van der Waals surface area (Å²) in [6.07, 6.45) is 4.54. The number of carboxylic acid groups (broad SMARTS) is 1. The molecule has 3 heterocycles. The Morgan fingerprint density at radius 1 is 1.29 bits per heavy atom. The molecular formula is C15H25N3O3. The largest absolute Gasteiger partial charge is 0.481 e. The van der Waals surface area contributed by atoms with E-state index in [-0.39, 0.29) is 12.1 Å². The molecule has 3 fully saturated rings. The summed E-state index contributed by atoms with van der Waals surface area (Å²) in [5.41, 5.74) is -0.744. The van der Waals surface area contributed by atoms with Crippen LogP contribution in [0.5, 0.6) is 0 Å². The van der Waals surface area contributed by atoms with Gasteiger partial charge in [0.05, 0.1) is 5.41 Å². The zero-order valence-corrected chi connectivity index (χ0v) is 12.7. The first-order valence-corrected chi connectivity index (χ1v) is 8.08. The van der Waals surface area contributed by atoms with Crippen LogP contribution >= 0.6 is 0 Å². The van der Waals surface area contributed by atoms with Gasteiger partial charge >= 0.3 is 12.0 Å². The lowest BCUT2D eigenvalue weighted by molar-refractivity contribution is -0.148. The molecule has 0 aliphatic carbocycles. The number of carbonyl (C=O) groups is 2. The van der Waals surface area contributed by atoms with Gasteiger partial charge in [0.1, 0.15) is 0 Å². The molecule has 3 saturated heterocycles. The van der Waals surface area contributed by atoms with Crippen molar-refractivity contribution in [3.63, 3.8) is 0 Å². The highest BCUT2D eigenvalue weighted by atomic mass is 16.4. The van der Waals surface area contributed by atoms with Gasteiger partial charge in [0.25, 0.3) is 0 Å². The van der Waals surface area contributed by atoms with Gasteiger partial charge in [0.2, 0.25) is 0 Å². The molecule has 6 heteroatoms. The van der Waals surface area contributed by atoms with E-state index in [2.05, 4.69) is 10.2 Å². The van der Waals surface area contributed by atoms with Gasteiger partial charge in [0.15, 0.2) is 0 Å². The van der Waals surface area contributed by atoms with Crippen molar-refractivity contribution in [1.29, 1.82) is 0 Å². The highest BCUT2D eigenvalue weighted by molar-refractivity contribution is 5.80. The Labute approximate surface area is 125 Å². The zero-order valence-electron chi connectivity index (χ0n) is 12.7. The van der Waals surface area contributed by atoms with Crippen molar-refractivity contribution in [2.75, 3.05) is 26.2 Å². The summed E-state index contributed by atoms with van der Waals surface area (Å²) < 4.78 is 0. The van der Waals surface area contributed by atoms with E-state index in [1.807, 2.05) is 6.92 Å². The van der Waals surface area contributed by atoms with E-state index in [4.69, 9.17) is 0 Å². The number of carboxylic acids is 1. The first-order chi connectivity index (χ1) is 10.1. The van der Waals surface area contributed by atoms with Crippen molar-refractivity contribution in [2.24, 2.45) is 5.41 Å². The predicted molar refractivity (Wildman–Crippen MR) is 78.1 cm³/mol. The molecule has 0 aromatic rings. The highest BCUT2D eigenvalue weighted by Crippen LogP contribution is 2.34. The number of hydrogen-bond donors (Lipinski definition) is 2. The van der Waals surface area contributed by atoms with Crippen LogP contribution in [0.4, 0.5) is 4.79 Å². The van der Waals surface area contributed by atoms with Crippen LogP contribution in [0.25, 0.3) is 0 Å². The number of nitrogens with one attached hydrogen (secondary N) is 1. The number of amides is 2. The van der Waals surface area contributed by atoms with Gasteiger partial charge in [-0.05, 0) is 38.6 Å². The molecule has 3 aliphatic heterocycles. The molecule has 21 heavy (non-hydrogen) atoms. The topological polar surface area (TPSA) is 72.9 Å². The molecule has 0 bridgehead atoms. The minimum Gasteiger partial charge on any atom is -0.481 e. The fraction of sp³-hybridized carbons (Fsp3) is 0.867. The number of hydrogen-bond acceptors (Lipinski definition) is 3. The number of rotatable bonds is 3. The second-order valence-electron chi connectivity index (χ2n) is 6.70. The molecular weight excluding hydrogens is 270 g/mol. The molecule has 0 radical (unpaired) electrons. The van der Waals surface area contributed by atoms with Gasteiger partial charge in [0, 0.05) is 31.7 Å². The highest BCUT2D eigenvalue weighted by Gasteiger charge is 2.46. The Hall–Kier alpha value is -1.30. The first-order valence-electron chi connectivity index (χ1n) is 8.08. The number of carbonyl (C=O) groups excluding carboxylic acids is 1. The first kappa shape index (κ1) is 14.6. The van der Waals surface area contributed by atoms with E-state index in [0.717, 1.165) is 19.5 Å². The average molecular weight is 295 g/mol. The third-order valence-corrected chi connectivity index (χ3v) is 5.69. The predicted octanol–water partition coefficient (Wildman–Crippen LogP) is 1.12. The SMILES string of the molecule is CCC1(C(=O)O)CCN(C(=O)NC2CCN3CCCC23)C1. The van der Waals surface area contributed by atoms with Crippen LogP contribution in [0.3, 0.4) is 0 Å². The van der Waals surface area contributed by atoms with Crippen LogP contribution in [0, 0.1) is 5.41 Å². The summed E-state index contributed by atoms with van der Waals surface area (Å²) in [4.78, 5) is 28.0. The second-order valence-corrected chi connectivity index (χ2v) is 6.70. The van der Waals surface area contributed by atoms with Crippen LogP contribution in [-0.4, -0.2) is 65.2 Å². The van der Waals surface area contributed by atoms with Crippen molar-refractivity contribution in [1.82, 2.24) is 15.1 Å². The van der Waals surface area contributed by atoms with Crippen molar-refractivity contribution < 1.29 is 14.7 Å². The molecule has 3 rings (SSSR count). The summed E-state index contributed by atoms with van der Waals surface area (Å²) in [7, 11) is 0. The third kappa shape index (κ3) is 2.50. The van der Waals surface area contributed by atoms with Crippen LogP contribution in [-0.2, 0) is 4.79 Å². The molecule has 6 nitrogen and oxygen atoms in total. The average Bonchev–Trinajstić information content (AvgIpc) is 3.14. The van der Waals surface area contributed by atoms with E-state index >= 15 is 0 Å². The monoisotopic (exact) mass is 295 g/mol. The van der Waals surface area contributed by atoms with E-state index in [1.165, 1.54) is 12.8 Å². The molecule has 2 amide bonds.